The van der Waals surface area contributed by atoms with Crippen LogP contribution >= 0.6 is 46.9 Å². The van der Waals surface area contributed by atoms with Gasteiger partial charge < -0.3 is 9.64 Å². The number of rotatable bonds is 3. The van der Waals surface area contributed by atoms with Crippen LogP contribution in [0.3, 0.4) is 0 Å². The molecule has 2 rings (SSSR count). The fraction of sp³-hybridized carbons (Fsp3) is 0.529. The molecule has 1 aliphatic rings. The molecule has 0 bridgehead atoms. The van der Waals surface area contributed by atoms with E-state index in [1.165, 1.54) is 0 Å². The predicted octanol–water partition coefficient (Wildman–Crippen LogP) is 5.18. The van der Waals surface area contributed by atoms with Crippen LogP contribution in [0, 0.1) is 0 Å². The summed E-state index contributed by atoms with van der Waals surface area (Å²) in [6.45, 7) is 9.83. The quantitative estimate of drug-likeness (QED) is 0.334. The van der Waals surface area contributed by atoms with E-state index in [0.717, 1.165) is 10.0 Å². The number of benzene rings is 1. The lowest BCUT2D eigenvalue weighted by Crippen LogP contribution is -2.46. The second-order valence-corrected chi connectivity index (χ2v) is 8.18. The zero-order valence-electron chi connectivity index (χ0n) is 14.5. The Kier molecular flexibility index (Phi) is 7.62. The molecule has 1 aromatic rings. The number of hydrogen-bond acceptors (Lipinski definition) is 4. The van der Waals surface area contributed by atoms with E-state index in [0.29, 0.717) is 12.1 Å². The summed E-state index contributed by atoms with van der Waals surface area (Å²) in [6.07, 6.45) is 0.172. The van der Waals surface area contributed by atoms with Crippen molar-refractivity contribution in [3.05, 3.63) is 33.8 Å². The minimum absolute atomic E-state index is 0.0314. The zero-order valence-corrected chi connectivity index (χ0v) is 19.2. The third-order valence-electron chi connectivity index (χ3n) is 3.60. The van der Waals surface area contributed by atoms with Gasteiger partial charge in [0.25, 0.3) is 5.91 Å². The molecule has 4 nitrogen and oxygen atoms in total. The van der Waals surface area contributed by atoms with Gasteiger partial charge in [-0.25, -0.2) is 0 Å². The minimum atomic E-state index is -0.592. The molecule has 0 aromatic heterocycles. The highest BCUT2D eigenvalue weighted by Crippen LogP contribution is 2.33. The smallest absolute Gasteiger partial charge is 0.308 e. The largest absolute Gasteiger partial charge is 0.460 e. The maximum absolute atomic E-state index is 12.6. The first-order chi connectivity index (χ1) is 11.0. The van der Waals surface area contributed by atoms with Gasteiger partial charge in [-0.05, 0) is 79.6 Å². The Balaban J connectivity index is 0.00000139. The van der Waals surface area contributed by atoms with Crippen LogP contribution in [0.2, 0.25) is 0 Å². The van der Waals surface area contributed by atoms with Gasteiger partial charge in [-0.3, -0.25) is 9.59 Å². The first-order valence-corrected chi connectivity index (χ1v) is 11.5. The van der Waals surface area contributed by atoms with E-state index >= 15 is 0 Å². The number of carbonyl (C=O) groups excluding carboxylic acids is 2. The van der Waals surface area contributed by atoms with Crippen LogP contribution in [0.15, 0.2) is 22.7 Å². The minimum Gasteiger partial charge on any atom is -0.460 e. The average molecular weight is 528 g/mol. The van der Waals surface area contributed by atoms with E-state index in [-0.39, 0.29) is 18.3 Å². The number of esters is 1. The van der Waals surface area contributed by atoms with Crippen molar-refractivity contribution in [3.8, 4) is 0 Å². The Labute approximate surface area is 169 Å². The van der Waals surface area contributed by atoms with Gasteiger partial charge in [0.15, 0.2) is 0 Å². The number of carbonyl (C=O) groups is 2. The lowest BCUT2D eigenvalue weighted by molar-refractivity contribution is -0.157. The number of hydrogen-bond donors (Lipinski definition) is 1. The van der Waals surface area contributed by atoms with Gasteiger partial charge in [0, 0.05) is 22.1 Å². The molecule has 1 aromatic carbocycles. The van der Waals surface area contributed by atoms with Crippen LogP contribution in [-0.4, -0.2) is 27.9 Å². The lowest BCUT2D eigenvalue weighted by Gasteiger charge is -2.35. The van der Waals surface area contributed by atoms with Crippen molar-refractivity contribution in [1.29, 1.82) is 0 Å². The van der Waals surface area contributed by atoms with E-state index in [4.69, 9.17) is 4.74 Å². The van der Waals surface area contributed by atoms with Crippen molar-refractivity contribution in [2.24, 2.45) is 0 Å². The highest BCUT2D eigenvalue weighted by Gasteiger charge is 2.39. The molecule has 0 atom stereocenters. The monoisotopic (exact) mass is 527 g/mol. The van der Waals surface area contributed by atoms with Crippen molar-refractivity contribution >= 4 is 58.8 Å². The summed E-state index contributed by atoms with van der Waals surface area (Å²) in [7, 11) is 3.50. The molecule has 0 saturated carbocycles. The first kappa shape index (κ1) is 21.8. The van der Waals surface area contributed by atoms with Crippen LogP contribution < -0.4 is 0 Å². The lowest BCUT2D eigenvalue weighted by atomic mass is 9.98. The Hall–Kier alpha value is -0.280. The van der Waals surface area contributed by atoms with Gasteiger partial charge >= 0.3 is 5.97 Å². The molecule has 1 amide bonds. The van der Waals surface area contributed by atoms with Crippen LogP contribution in [0.1, 0.15) is 57.0 Å². The van der Waals surface area contributed by atoms with Crippen molar-refractivity contribution in [1.82, 2.24) is 4.90 Å². The van der Waals surface area contributed by atoms with Crippen molar-refractivity contribution in [2.75, 3.05) is 0 Å². The zero-order chi connectivity index (χ0) is 18.7. The average Bonchev–Trinajstić information content (AvgIpc) is 2.75. The molecule has 0 radical (unpaired) electrons. The van der Waals surface area contributed by atoms with Crippen LogP contribution in [0.5, 0.6) is 0 Å². The maximum Gasteiger partial charge on any atom is 0.308 e. The summed E-state index contributed by atoms with van der Waals surface area (Å²) in [5.74, 6) is -0.321. The molecule has 0 fully saturated rings. The standard InChI is InChI=1S/C17H22BrNO3.HIS/c1-16(2,3)22-14(20)9-17(4,5)19-10-11-8-12(18)6-7-13(11)15(19)21;1-2/h6-8H,9-10H2,1-5H3;2H. The van der Waals surface area contributed by atoms with Crippen molar-refractivity contribution in [2.45, 2.75) is 58.7 Å². The maximum atomic E-state index is 12.6. The van der Waals surface area contributed by atoms with Crippen molar-refractivity contribution < 1.29 is 14.3 Å². The third-order valence-corrected chi connectivity index (χ3v) is 4.09. The highest BCUT2D eigenvalue weighted by molar-refractivity contribution is 14.2. The fourth-order valence-corrected chi connectivity index (χ4v) is 3.01. The molecular weight excluding hydrogens is 505 g/mol. The van der Waals surface area contributed by atoms with Crippen molar-refractivity contribution in [3.63, 3.8) is 0 Å². The second-order valence-electron chi connectivity index (χ2n) is 7.27. The number of halogens is 2. The molecule has 0 spiro atoms. The molecule has 0 N–H and O–H groups in total. The summed E-state index contributed by atoms with van der Waals surface area (Å²) in [5.41, 5.74) is 0.582. The molecular formula is C17H23BrINO3S. The van der Waals surface area contributed by atoms with E-state index in [9.17, 15) is 9.59 Å². The number of amides is 1. The van der Waals surface area contributed by atoms with Crippen LogP contribution in [-0.2, 0) is 16.1 Å². The number of fused-ring (bicyclic) bond motifs is 1. The number of thiol groups is 1. The van der Waals surface area contributed by atoms with Gasteiger partial charge in [-0.1, -0.05) is 15.9 Å². The van der Waals surface area contributed by atoms with Crippen LogP contribution in [0.4, 0.5) is 0 Å². The van der Waals surface area contributed by atoms with E-state index < -0.39 is 11.1 Å². The predicted molar refractivity (Wildman–Crippen MR) is 112 cm³/mol. The number of ether oxygens (including phenoxy) is 1. The topological polar surface area (TPSA) is 46.6 Å². The van der Waals surface area contributed by atoms with E-state index in [2.05, 4.69) is 25.7 Å². The van der Waals surface area contributed by atoms with Gasteiger partial charge in [0.05, 0.1) is 6.42 Å². The first-order valence-electron chi connectivity index (χ1n) is 7.49. The molecule has 24 heavy (non-hydrogen) atoms. The Morgan fingerprint density at radius 1 is 1.29 bits per heavy atom. The molecule has 0 unspecified atom stereocenters. The Morgan fingerprint density at radius 3 is 2.42 bits per heavy atom. The number of nitrogens with zero attached hydrogens (tertiary/aromatic N) is 1. The van der Waals surface area contributed by atoms with E-state index in [1.807, 2.05) is 74.0 Å². The molecule has 134 valence electrons. The molecule has 0 saturated heterocycles. The summed E-state index contributed by atoms with van der Waals surface area (Å²) in [6, 6.07) is 5.64. The normalized spacial score (nSPS) is 14.0. The van der Waals surface area contributed by atoms with Gasteiger partial charge in [0.1, 0.15) is 5.60 Å². The Morgan fingerprint density at radius 2 is 1.88 bits per heavy atom. The highest BCUT2D eigenvalue weighted by atomic mass is 127. The summed E-state index contributed by atoms with van der Waals surface area (Å²) in [5, 5.41) is 0. The molecule has 1 aliphatic heterocycles. The summed E-state index contributed by atoms with van der Waals surface area (Å²) >= 11 is 5.27. The molecule has 7 heteroatoms. The molecule has 0 aliphatic carbocycles. The molecule has 1 heterocycles. The SMILES string of the molecule is CC(C)(C)OC(=O)CC(C)(C)N1Cc2cc(Br)ccc2C1=O.SI. The third kappa shape index (κ3) is 5.62. The van der Waals surface area contributed by atoms with Gasteiger partial charge in [-0.2, -0.15) is 0 Å². The van der Waals surface area contributed by atoms with Gasteiger partial charge in [-0.15, -0.1) is 9.80 Å². The fourth-order valence-electron chi connectivity index (χ4n) is 2.60. The summed E-state index contributed by atoms with van der Waals surface area (Å²) < 4.78 is 6.33. The second kappa shape index (κ2) is 8.40. The summed E-state index contributed by atoms with van der Waals surface area (Å²) in [4.78, 5) is 26.4. The Bertz CT molecular complexity index is 629. The van der Waals surface area contributed by atoms with Gasteiger partial charge in [0.2, 0.25) is 0 Å². The van der Waals surface area contributed by atoms with E-state index in [1.54, 1.807) is 4.90 Å². The van der Waals surface area contributed by atoms with Crippen LogP contribution in [0.25, 0.3) is 0 Å².